The Morgan fingerprint density at radius 3 is 2.65 bits per heavy atom. The van der Waals surface area contributed by atoms with Gasteiger partial charge in [0.25, 0.3) is 0 Å². The fourth-order valence-corrected chi connectivity index (χ4v) is 4.16. The highest BCUT2D eigenvalue weighted by atomic mass is 15.4. The number of rotatable bonds is 3. The van der Waals surface area contributed by atoms with Gasteiger partial charge in [-0.15, -0.1) is 5.10 Å². The number of aromatic nitrogens is 2. The summed E-state index contributed by atoms with van der Waals surface area (Å²) in [5.74, 6) is 1.89. The number of aryl methyl sites for hydroxylation is 1. The van der Waals surface area contributed by atoms with Crippen molar-refractivity contribution in [3.8, 4) is 0 Å². The second-order valence-corrected chi connectivity index (χ2v) is 7.55. The van der Waals surface area contributed by atoms with Crippen molar-refractivity contribution < 1.29 is 0 Å². The van der Waals surface area contributed by atoms with E-state index in [4.69, 9.17) is 0 Å². The molecule has 1 unspecified atom stereocenters. The fourth-order valence-electron chi connectivity index (χ4n) is 4.16. The van der Waals surface area contributed by atoms with Crippen LogP contribution in [0.4, 0.5) is 5.82 Å². The topological polar surface area (TPSA) is 35.5 Å². The Morgan fingerprint density at radius 2 is 1.91 bits per heavy atom. The molecule has 5 nitrogen and oxygen atoms in total. The van der Waals surface area contributed by atoms with E-state index in [0.29, 0.717) is 6.04 Å². The van der Waals surface area contributed by atoms with E-state index in [1.54, 1.807) is 0 Å². The second-order valence-electron chi connectivity index (χ2n) is 7.55. The molecular weight excluding hydrogens is 286 g/mol. The Balaban J connectivity index is 1.34. The Bertz CT molecular complexity index is 546. The minimum atomic E-state index is 0.714. The van der Waals surface area contributed by atoms with Gasteiger partial charge in [0, 0.05) is 45.3 Å². The lowest BCUT2D eigenvalue weighted by Crippen LogP contribution is -2.63. The maximum absolute atomic E-state index is 4.50. The first-order chi connectivity index (χ1) is 11.2. The maximum Gasteiger partial charge on any atom is 0.151 e. The molecule has 2 fully saturated rings. The molecule has 0 amide bonds. The number of anilines is 1. The van der Waals surface area contributed by atoms with E-state index in [0.717, 1.165) is 31.2 Å². The molecule has 23 heavy (non-hydrogen) atoms. The van der Waals surface area contributed by atoms with Crippen molar-refractivity contribution in [3.05, 3.63) is 17.3 Å². The minimum absolute atomic E-state index is 0.714. The van der Waals surface area contributed by atoms with Crippen LogP contribution >= 0.6 is 0 Å². The van der Waals surface area contributed by atoms with Crippen molar-refractivity contribution in [3.63, 3.8) is 0 Å². The number of piperazine rings is 1. The maximum atomic E-state index is 4.50. The van der Waals surface area contributed by atoms with Gasteiger partial charge in [-0.25, -0.2) is 0 Å². The zero-order valence-electron chi connectivity index (χ0n) is 14.5. The zero-order chi connectivity index (χ0) is 15.8. The standard InChI is InChI=1S/C18H29N5/c1-3-21-6-8-22(9-7-21)16-12-23(13-16)18-11-15-10-14(2)4-5-17(15)19-20-18/h11,14,16H,3-10,12-13H2,1-2H3. The number of likely N-dealkylation sites (N-methyl/N-ethyl adjacent to an activating group) is 1. The van der Waals surface area contributed by atoms with Gasteiger partial charge in [-0.2, -0.15) is 5.10 Å². The number of hydrogen-bond donors (Lipinski definition) is 0. The molecule has 5 heteroatoms. The molecule has 3 heterocycles. The molecule has 2 saturated heterocycles. The summed E-state index contributed by atoms with van der Waals surface area (Å²) >= 11 is 0. The smallest absolute Gasteiger partial charge is 0.151 e. The molecule has 0 bridgehead atoms. The van der Waals surface area contributed by atoms with Crippen LogP contribution in [0, 0.1) is 5.92 Å². The van der Waals surface area contributed by atoms with Crippen molar-refractivity contribution in [1.82, 2.24) is 20.0 Å². The van der Waals surface area contributed by atoms with E-state index >= 15 is 0 Å². The minimum Gasteiger partial charge on any atom is -0.352 e. The molecule has 1 aliphatic carbocycles. The number of hydrogen-bond acceptors (Lipinski definition) is 5. The van der Waals surface area contributed by atoms with Crippen molar-refractivity contribution in [2.24, 2.45) is 5.92 Å². The Labute approximate surface area is 139 Å². The van der Waals surface area contributed by atoms with Gasteiger partial charge in [-0.3, -0.25) is 4.90 Å². The molecule has 0 saturated carbocycles. The molecule has 0 radical (unpaired) electrons. The molecule has 1 aromatic heterocycles. The third kappa shape index (κ3) is 3.09. The van der Waals surface area contributed by atoms with Crippen LogP contribution < -0.4 is 4.90 Å². The predicted molar refractivity (Wildman–Crippen MR) is 92.9 cm³/mol. The van der Waals surface area contributed by atoms with Crippen LogP contribution in [0.1, 0.15) is 31.5 Å². The summed E-state index contributed by atoms with van der Waals surface area (Å²) in [6, 6.07) is 3.02. The Kier molecular flexibility index (Phi) is 4.24. The van der Waals surface area contributed by atoms with Crippen LogP contribution in [-0.2, 0) is 12.8 Å². The van der Waals surface area contributed by atoms with Gasteiger partial charge in [0.15, 0.2) is 5.82 Å². The van der Waals surface area contributed by atoms with E-state index in [-0.39, 0.29) is 0 Å². The lowest BCUT2D eigenvalue weighted by molar-refractivity contribution is 0.0858. The van der Waals surface area contributed by atoms with Gasteiger partial charge in [-0.1, -0.05) is 13.8 Å². The van der Waals surface area contributed by atoms with Crippen molar-refractivity contribution in [2.45, 2.75) is 39.2 Å². The molecule has 0 aromatic carbocycles. The second kappa shape index (κ2) is 6.36. The Morgan fingerprint density at radius 1 is 1.13 bits per heavy atom. The molecule has 3 aliphatic rings. The van der Waals surface area contributed by atoms with E-state index in [9.17, 15) is 0 Å². The lowest BCUT2D eigenvalue weighted by atomic mass is 9.88. The van der Waals surface area contributed by atoms with Gasteiger partial charge in [0.1, 0.15) is 0 Å². The van der Waals surface area contributed by atoms with Crippen molar-refractivity contribution in [2.75, 3.05) is 50.7 Å². The third-order valence-corrected chi connectivity index (χ3v) is 5.95. The average molecular weight is 315 g/mol. The summed E-state index contributed by atoms with van der Waals surface area (Å²) in [5, 5.41) is 9.00. The first kappa shape index (κ1) is 15.3. The number of nitrogens with zero attached hydrogens (tertiary/aromatic N) is 5. The predicted octanol–water partition coefficient (Wildman–Crippen LogP) is 1.43. The third-order valence-electron chi connectivity index (χ3n) is 5.95. The van der Waals surface area contributed by atoms with E-state index in [1.165, 1.54) is 56.8 Å². The molecule has 1 aromatic rings. The molecule has 0 spiro atoms. The van der Waals surface area contributed by atoms with Gasteiger partial charge in [0.05, 0.1) is 5.69 Å². The average Bonchev–Trinajstić information content (AvgIpc) is 2.54. The summed E-state index contributed by atoms with van der Waals surface area (Å²) in [6.45, 7) is 12.9. The summed E-state index contributed by atoms with van der Waals surface area (Å²) in [5.41, 5.74) is 2.67. The number of fused-ring (bicyclic) bond motifs is 1. The summed E-state index contributed by atoms with van der Waals surface area (Å²) in [7, 11) is 0. The van der Waals surface area contributed by atoms with Crippen molar-refractivity contribution in [1.29, 1.82) is 0 Å². The van der Waals surface area contributed by atoms with Crippen LogP contribution in [0.5, 0.6) is 0 Å². The molecule has 126 valence electrons. The van der Waals surface area contributed by atoms with Gasteiger partial charge in [-0.05, 0) is 43.4 Å². The SMILES string of the molecule is CCN1CCN(C2CN(c3cc4c(nn3)CCC(C)C4)C2)CC1. The largest absolute Gasteiger partial charge is 0.352 e. The van der Waals surface area contributed by atoms with Crippen LogP contribution in [0.3, 0.4) is 0 Å². The summed E-state index contributed by atoms with van der Waals surface area (Å²) in [4.78, 5) is 7.61. The van der Waals surface area contributed by atoms with Gasteiger partial charge < -0.3 is 9.80 Å². The van der Waals surface area contributed by atoms with E-state index < -0.39 is 0 Å². The van der Waals surface area contributed by atoms with Crippen LogP contribution in [0.15, 0.2) is 6.07 Å². The van der Waals surface area contributed by atoms with Crippen LogP contribution in [0.2, 0.25) is 0 Å². The van der Waals surface area contributed by atoms with E-state index in [1.807, 2.05) is 0 Å². The van der Waals surface area contributed by atoms with Crippen LogP contribution in [-0.4, -0.2) is 71.9 Å². The highest BCUT2D eigenvalue weighted by Crippen LogP contribution is 2.28. The quantitative estimate of drug-likeness (QED) is 0.843. The first-order valence-corrected chi connectivity index (χ1v) is 9.29. The normalized spacial score (nSPS) is 26.9. The van der Waals surface area contributed by atoms with Crippen LogP contribution in [0.25, 0.3) is 0 Å². The summed E-state index contributed by atoms with van der Waals surface area (Å²) in [6.07, 6.45) is 3.54. The first-order valence-electron chi connectivity index (χ1n) is 9.29. The van der Waals surface area contributed by atoms with E-state index in [2.05, 4.69) is 44.8 Å². The highest BCUT2D eigenvalue weighted by molar-refractivity contribution is 5.45. The van der Waals surface area contributed by atoms with Crippen molar-refractivity contribution >= 4 is 5.82 Å². The molecule has 0 N–H and O–H groups in total. The Hall–Kier alpha value is -1.20. The van der Waals surface area contributed by atoms with Gasteiger partial charge >= 0.3 is 0 Å². The fraction of sp³-hybridized carbons (Fsp3) is 0.778. The monoisotopic (exact) mass is 315 g/mol. The molecule has 4 rings (SSSR count). The summed E-state index contributed by atoms with van der Waals surface area (Å²) < 4.78 is 0. The zero-order valence-corrected chi connectivity index (χ0v) is 14.5. The molecule has 2 aliphatic heterocycles. The molecular formula is C18H29N5. The lowest BCUT2D eigenvalue weighted by Gasteiger charge is -2.48. The molecule has 1 atom stereocenters. The van der Waals surface area contributed by atoms with Gasteiger partial charge in [0.2, 0.25) is 0 Å². The highest BCUT2D eigenvalue weighted by Gasteiger charge is 2.34.